The van der Waals surface area contributed by atoms with E-state index >= 15 is 0 Å². The van der Waals surface area contributed by atoms with Gasteiger partial charge in [-0.05, 0) is 35.4 Å². The highest BCUT2D eigenvalue weighted by Crippen LogP contribution is 2.63. The fourth-order valence-electron chi connectivity index (χ4n) is 4.13. The van der Waals surface area contributed by atoms with Crippen LogP contribution in [0.5, 0.6) is 0 Å². The predicted octanol–water partition coefficient (Wildman–Crippen LogP) is 4.05. The second-order valence-corrected chi connectivity index (χ2v) is 9.00. The van der Waals surface area contributed by atoms with E-state index in [1.54, 1.807) is 42.5 Å². The lowest BCUT2D eigenvalue weighted by atomic mass is 9.85. The number of hydrogen-bond donors (Lipinski definition) is 0. The third kappa shape index (κ3) is 2.25. The molecule has 2 aliphatic rings. The maximum atomic E-state index is 13.5. The minimum Gasteiger partial charge on any atom is -0.350 e. The van der Waals surface area contributed by atoms with Gasteiger partial charge in [-0.25, -0.2) is 12.8 Å². The van der Waals surface area contributed by atoms with Crippen LogP contribution < -0.4 is 0 Å². The summed E-state index contributed by atoms with van der Waals surface area (Å²) >= 11 is 0. The lowest BCUT2D eigenvalue weighted by Crippen LogP contribution is -2.42. The van der Waals surface area contributed by atoms with Gasteiger partial charge in [0.2, 0.25) is 5.78 Å². The summed E-state index contributed by atoms with van der Waals surface area (Å²) in [7, 11) is -3.88. The number of sulfone groups is 1. The summed E-state index contributed by atoms with van der Waals surface area (Å²) in [6.45, 7) is 0. The van der Waals surface area contributed by atoms with Crippen LogP contribution >= 0.6 is 0 Å². The number of carbonyl (C=O) groups is 1. The molecule has 0 N–H and O–H groups in total. The van der Waals surface area contributed by atoms with Crippen molar-refractivity contribution in [2.24, 2.45) is 0 Å². The molecule has 0 radical (unpaired) electrons. The first-order valence-corrected chi connectivity index (χ1v) is 10.4. The molecule has 6 heteroatoms. The van der Waals surface area contributed by atoms with Crippen molar-refractivity contribution in [1.29, 1.82) is 0 Å². The standard InChI is InChI=1S/C22H15FO4S/c23-16-12-10-14(11-13-16)20-22(27-20)19(24)17-8-4-5-9-18(17)28(25,26)21(22)15-6-2-1-3-7-15/h1-13,20-21H/t20-,21+,22-/m1/s1. The summed E-state index contributed by atoms with van der Waals surface area (Å²) in [6, 6.07) is 20.5. The van der Waals surface area contributed by atoms with Gasteiger partial charge >= 0.3 is 0 Å². The Balaban J connectivity index is 1.75. The van der Waals surface area contributed by atoms with Crippen molar-refractivity contribution in [3.05, 3.63) is 101 Å². The highest BCUT2D eigenvalue weighted by molar-refractivity contribution is 7.92. The zero-order chi connectivity index (χ0) is 19.5. The van der Waals surface area contributed by atoms with E-state index in [4.69, 9.17) is 4.74 Å². The average molecular weight is 394 g/mol. The second-order valence-electron chi connectivity index (χ2n) is 7.00. The van der Waals surface area contributed by atoms with E-state index in [2.05, 4.69) is 0 Å². The molecule has 2 aliphatic heterocycles. The molecule has 0 unspecified atom stereocenters. The molecule has 4 nitrogen and oxygen atoms in total. The van der Waals surface area contributed by atoms with Crippen LogP contribution in [0, 0.1) is 5.82 Å². The molecule has 0 aliphatic carbocycles. The highest BCUT2D eigenvalue weighted by Gasteiger charge is 2.73. The van der Waals surface area contributed by atoms with Crippen molar-refractivity contribution in [1.82, 2.24) is 0 Å². The van der Waals surface area contributed by atoms with E-state index in [0.717, 1.165) is 0 Å². The van der Waals surface area contributed by atoms with Crippen LogP contribution in [0.1, 0.15) is 32.8 Å². The molecule has 140 valence electrons. The van der Waals surface area contributed by atoms with Gasteiger partial charge in [-0.2, -0.15) is 0 Å². The predicted molar refractivity (Wildman–Crippen MR) is 100 cm³/mol. The van der Waals surface area contributed by atoms with Crippen LogP contribution in [0.25, 0.3) is 0 Å². The molecular formula is C22H15FO4S. The normalized spacial score (nSPS) is 27.4. The van der Waals surface area contributed by atoms with E-state index in [1.807, 2.05) is 0 Å². The molecule has 0 saturated carbocycles. The van der Waals surface area contributed by atoms with Gasteiger partial charge in [-0.15, -0.1) is 0 Å². The molecule has 0 bridgehead atoms. The quantitative estimate of drug-likeness (QED) is 0.615. The van der Waals surface area contributed by atoms with Gasteiger partial charge in [0.05, 0.1) is 4.90 Å². The number of benzene rings is 3. The van der Waals surface area contributed by atoms with Gasteiger partial charge in [-0.3, -0.25) is 4.79 Å². The van der Waals surface area contributed by atoms with Crippen LogP contribution in [0.2, 0.25) is 0 Å². The molecule has 1 fully saturated rings. The number of ketones is 1. The molecule has 0 aromatic heterocycles. The maximum absolute atomic E-state index is 13.5. The van der Waals surface area contributed by atoms with Gasteiger partial charge in [0.1, 0.15) is 17.2 Å². The molecule has 3 atom stereocenters. The van der Waals surface area contributed by atoms with Crippen molar-refractivity contribution in [2.75, 3.05) is 0 Å². The van der Waals surface area contributed by atoms with Crippen molar-refractivity contribution in [2.45, 2.75) is 21.9 Å². The van der Waals surface area contributed by atoms with Crippen LogP contribution in [-0.4, -0.2) is 19.8 Å². The van der Waals surface area contributed by atoms with E-state index < -0.39 is 32.6 Å². The zero-order valence-corrected chi connectivity index (χ0v) is 15.4. The van der Waals surface area contributed by atoms with Crippen molar-refractivity contribution < 1.29 is 22.3 Å². The average Bonchev–Trinajstić information content (AvgIpc) is 3.43. The first-order chi connectivity index (χ1) is 13.5. The zero-order valence-electron chi connectivity index (χ0n) is 14.6. The first-order valence-electron chi connectivity index (χ1n) is 8.82. The molecule has 28 heavy (non-hydrogen) atoms. The lowest BCUT2D eigenvalue weighted by molar-refractivity contribution is 0.0856. The number of Topliss-reactive ketones (excluding diaryl/α,β-unsaturated/α-hetero) is 1. The van der Waals surface area contributed by atoms with E-state index in [1.165, 1.54) is 36.4 Å². The molecule has 1 saturated heterocycles. The Morgan fingerprint density at radius 3 is 2.18 bits per heavy atom. The number of halogens is 1. The molecule has 3 aromatic rings. The number of rotatable bonds is 2. The van der Waals surface area contributed by atoms with Gasteiger partial charge in [-0.1, -0.05) is 54.6 Å². The largest absolute Gasteiger partial charge is 0.350 e. The fourth-order valence-corrected chi connectivity index (χ4v) is 6.38. The van der Waals surface area contributed by atoms with Crippen molar-refractivity contribution in [3.8, 4) is 0 Å². The van der Waals surface area contributed by atoms with E-state index in [9.17, 15) is 17.6 Å². The van der Waals surface area contributed by atoms with E-state index in [-0.39, 0.29) is 16.2 Å². The SMILES string of the molecule is O=C1c2ccccc2S(=O)(=O)[C@@H](c2ccccc2)[C@@]12O[C@@H]2c1ccc(F)cc1. The van der Waals surface area contributed by atoms with Crippen molar-refractivity contribution >= 4 is 15.6 Å². The Kier molecular flexibility index (Phi) is 3.60. The number of fused-ring (bicyclic) bond motifs is 1. The molecule has 3 aromatic carbocycles. The van der Waals surface area contributed by atoms with Crippen LogP contribution in [0.4, 0.5) is 4.39 Å². The monoisotopic (exact) mass is 394 g/mol. The molecule has 1 spiro atoms. The maximum Gasteiger partial charge on any atom is 0.200 e. The number of carbonyl (C=O) groups excluding carboxylic acids is 1. The summed E-state index contributed by atoms with van der Waals surface area (Å²) in [6.07, 6.45) is -0.756. The third-order valence-electron chi connectivity index (χ3n) is 5.41. The smallest absolute Gasteiger partial charge is 0.200 e. The topological polar surface area (TPSA) is 63.7 Å². The molecule has 2 heterocycles. The van der Waals surface area contributed by atoms with E-state index in [0.29, 0.717) is 11.1 Å². The Bertz CT molecular complexity index is 1190. The lowest BCUT2D eigenvalue weighted by Gasteiger charge is -2.30. The first kappa shape index (κ1) is 17.3. The van der Waals surface area contributed by atoms with Gasteiger partial charge < -0.3 is 4.74 Å². The molecule has 0 amide bonds. The minimum atomic E-state index is -3.88. The number of epoxide rings is 1. The fraction of sp³-hybridized carbons (Fsp3) is 0.136. The molecule has 5 rings (SSSR count). The highest BCUT2D eigenvalue weighted by atomic mass is 32.2. The third-order valence-corrected chi connectivity index (χ3v) is 7.63. The van der Waals surface area contributed by atoms with Crippen LogP contribution in [0.3, 0.4) is 0 Å². The summed E-state index contributed by atoms with van der Waals surface area (Å²) in [5.41, 5.74) is -0.341. The van der Waals surface area contributed by atoms with Gasteiger partial charge in [0, 0.05) is 5.56 Å². The van der Waals surface area contributed by atoms with Gasteiger partial charge in [0.15, 0.2) is 15.4 Å². The number of ether oxygens (including phenoxy) is 1. The molecular weight excluding hydrogens is 379 g/mol. The Morgan fingerprint density at radius 1 is 0.821 bits per heavy atom. The Labute approximate surface area is 161 Å². The van der Waals surface area contributed by atoms with Crippen molar-refractivity contribution in [3.63, 3.8) is 0 Å². The Morgan fingerprint density at radius 2 is 1.46 bits per heavy atom. The number of hydrogen-bond acceptors (Lipinski definition) is 4. The van der Waals surface area contributed by atoms with Gasteiger partial charge in [0.25, 0.3) is 0 Å². The summed E-state index contributed by atoms with van der Waals surface area (Å²) < 4.78 is 46.3. The summed E-state index contributed by atoms with van der Waals surface area (Å²) in [5.74, 6) is -0.771. The summed E-state index contributed by atoms with van der Waals surface area (Å²) in [4.78, 5) is 13.5. The van der Waals surface area contributed by atoms with Crippen LogP contribution in [-0.2, 0) is 14.6 Å². The minimum absolute atomic E-state index is 0.0211. The summed E-state index contributed by atoms with van der Waals surface area (Å²) in [5, 5.41) is -1.17. The Hall–Kier alpha value is -2.83. The van der Waals surface area contributed by atoms with Crippen LogP contribution in [0.15, 0.2) is 83.8 Å². The second kappa shape index (κ2) is 5.83.